The zero-order valence-corrected chi connectivity index (χ0v) is 18.7. The molecule has 0 saturated heterocycles. The molecule has 0 aliphatic carbocycles. The number of hydrogen-bond acceptors (Lipinski definition) is 3. The fourth-order valence-electron chi connectivity index (χ4n) is 2.87. The molecule has 4 nitrogen and oxygen atoms in total. The number of anilines is 1. The molecule has 0 atom stereocenters. The standard InChI is InChI=1S/C25H20BrFN2O2/c1-16-6-8-23(10-17(16)2)29-25(30)20(14-28)12-19-13-21(26)7-9-24(19)31-15-18-4-3-5-22(27)11-18/h3-13H,15H2,1-2H3,(H,29,30)/b20-12+. The zero-order chi connectivity index (χ0) is 22.4. The number of carbonyl (C=O) groups excluding carboxylic acids is 1. The summed E-state index contributed by atoms with van der Waals surface area (Å²) in [5.41, 5.74) is 3.94. The molecule has 0 fully saturated rings. The molecule has 0 heterocycles. The van der Waals surface area contributed by atoms with Crippen LogP contribution in [-0.4, -0.2) is 5.91 Å². The Kier molecular flexibility index (Phi) is 7.22. The number of carbonyl (C=O) groups is 1. The van der Waals surface area contributed by atoms with Crippen LogP contribution in [0, 0.1) is 31.0 Å². The Balaban J connectivity index is 1.83. The van der Waals surface area contributed by atoms with E-state index in [-0.39, 0.29) is 18.0 Å². The van der Waals surface area contributed by atoms with E-state index < -0.39 is 5.91 Å². The smallest absolute Gasteiger partial charge is 0.266 e. The number of nitrogens with one attached hydrogen (secondary N) is 1. The van der Waals surface area contributed by atoms with Gasteiger partial charge >= 0.3 is 0 Å². The van der Waals surface area contributed by atoms with E-state index in [1.54, 1.807) is 36.4 Å². The van der Waals surface area contributed by atoms with Gasteiger partial charge in [-0.3, -0.25) is 4.79 Å². The summed E-state index contributed by atoms with van der Waals surface area (Å²) in [6.07, 6.45) is 1.47. The lowest BCUT2D eigenvalue weighted by Crippen LogP contribution is -2.13. The van der Waals surface area contributed by atoms with Gasteiger partial charge in [-0.15, -0.1) is 0 Å². The molecule has 156 valence electrons. The van der Waals surface area contributed by atoms with Crippen LogP contribution >= 0.6 is 15.9 Å². The van der Waals surface area contributed by atoms with Gasteiger partial charge < -0.3 is 10.1 Å². The third-order valence-electron chi connectivity index (χ3n) is 4.68. The van der Waals surface area contributed by atoms with Crippen LogP contribution in [0.1, 0.15) is 22.3 Å². The Morgan fingerprint density at radius 3 is 2.65 bits per heavy atom. The van der Waals surface area contributed by atoms with Crippen molar-refractivity contribution in [3.05, 3.63) is 98.8 Å². The molecule has 6 heteroatoms. The van der Waals surface area contributed by atoms with Crippen LogP contribution in [0.5, 0.6) is 5.75 Å². The first kappa shape index (κ1) is 22.3. The lowest BCUT2D eigenvalue weighted by molar-refractivity contribution is -0.112. The molecule has 1 amide bonds. The molecular formula is C25H20BrFN2O2. The first-order chi connectivity index (χ1) is 14.9. The monoisotopic (exact) mass is 478 g/mol. The fraction of sp³-hybridized carbons (Fsp3) is 0.120. The van der Waals surface area contributed by atoms with Gasteiger partial charge in [0.1, 0.15) is 29.8 Å². The lowest BCUT2D eigenvalue weighted by Gasteiger charge is -2.11. The van der Waals surface area contributed by atoms with Gasteiger partial charge in [0.05, 0.1) is 0 Å². The maximum Gasteiger partial charge on any atom is 0.266 e. The second-order valence-electron chi connectivity index (χ2n) is 7.02. The summed E-state index contributed by atoms with van der Waals surface area (Å²) in [5, 5.41) is 12.3. The quantitative estimate of drug-likeness (QED) is 0.332. The molecule has 0 spiro atoms. The number of rotatable bonds is 6. The van der Waals surface area contributed by atoms with Crippen molar-refractivity contribution in [1.29, 1.82) is 5.26 Å². The molecule has 31 heavy (non-hydrogen) atoms. The summed E-state index contributed by atoms with van der Waals surface area (Å²) in [6.45, 7) is 4.09. The van der Waals surface area contributed by atoms with Crippen LogP contribution in [0.25, 0.3) is 6.08 Å². The molecule has 0 aromatic heterocycles. The summed E-state index contributed by atoms with van der Waals surface area (Å²) >= 11 is 3.40. The first-order valence-corrected chi connectivity index (χ1v) is 10.3. The van der Waals surface area contributed by atoms with Crippen molar-refractivity contribution in [3.8, 4) is 11.8 Å². The summed E-state index contributed by atoms with van der Waals surface area (Å²) in [4.78, 5) is 12.7. The van der Waals surface area contributed by atoms with E-state index in [9.17, 15) is 14.4 Å². The van der Waals surface area contributed by atoms with E-state index in [0.717, 1.165) is 15.6 Å². The molecule has 0 aliphatic rings. The van der Waals surface area contributed by atoms with Crippen LogP contribution < -0.4 is 10.1 Å². The first-order valence-electron chi connectivity index (χ1n) is 9.53. The Hall–Kier alpha value is -3.43. The predicted octanol–water partition coefficient (Wildman–Crippen LogP) is 6.33. The molecule has 1 N–H and O–H groups in total. The summed E-state index contributed by atoms with van der Waals surface area (Å²) in [7, 11) is 0. The molecule has 0 saturated carbocycles. The van der Waals surface area contributed by atoms with Gasteiger partial charge in [-0.2, -0.15) is 5.26 Å². The predicted molar refractivity (Wildman–Crippen MR) is 123 cm³/mol. The molecule has 0 aliphatic heterocycles. The van der Waals surface area contributed by atoms with Crippen LogP contribution in [-0.2, 0) is 11.4 Å². The second kappa shape index (κ2) is 10.1. The number of halogens is 2. The van der Waals surface area contributed by atoms with Crippen molar-refractivity contribution in [3.63, 3.8) is 0 Å². The third kappa shape index (κ3) is 6.03. The van der Waals surface area contributed by atoms with Gasteiger partial charge in [0.15, 0.2) is 0 Å². The Morgan fingerprint density at radius 1 is 1.13 bits per heavy atom. The average Bonchev–Trinajstić information content (AvgIpc) is 2.74. The van der Waals surface area contributed by atoms with Crippen LogP contribution in [0.15, 0.2) is 70.7 Å². The van der Waals surface area contributed by atoms with E-state index in [1.165, 1.54) is 18.2 Å². The van der Waals surface area contributed by atoms with Crippen molar-refractivity contribution < 1.29 is 13.9 Å². The minimum atomic E-state index is -0.512. The van der Waals surface area contributed by atoms with Crippen molar-refractivity contribution in [1.82, 2.24) is 0 Å². The topological polar surface area (TPSA) is 62.1 Å². The maximum atomic E-state index is 13.4. The van der Waals surface area contributed by atoms with Gasteiger partial charge in [0.25, 0.3) is 5.91 Å². The van der Waals surface area contributed by atoms with Crippen molar-refractivity contribution in [2.24, 2.45) is 0 Å². The minimum absolute atomic E-state index is 0.0630. The normalized spacial score (nSPS) is 11.0. The molecule has 0 bridgehead atoms. The molecular weight excluding hydrogens is 459 g/mol. The number of hydrogen-bond donors (Lipinski definition) is 1. The van der Waals surface area contributed by atoms with E-state index in [1.807, 2.05) is 32.0 Å². The third-order valence-corrected chi connectivity index (χ3v) is 5.18. The van der Waals surface area contributed by atoms with Gasteiger partial charge in [0, 0.05) is 15.7 Å². The van der Waals surface area contributed by atoms with E-state index in [0.29, 0.717) is 22.6 Å². The maximum absolute atomic E-state index is 13.4. The van der Waals surface area contributed by atoms with Crippen molar-refractivity contribution >= 4 is 33.6 Å². The molecule has 0 radical (unpaired) electrons. The fourth-order valence-corrected chi connectivity index (χ4v) is 3.25. The van der Waals surface area contributed by atoms with Crippen LogP contribution in [0.2, 0.25) is 0 Å². The molecule has 3 aromatic rings. The van der Waals surface area contributed by atoms with Crippen molar-refractivity contribution in [2.75, 3.05) is 5.32 Å². The second-order valence-corrected chi connectivity index (χ2v) is 7.94. The highest BCUT2D eigenvalue weighted by molar-refractivity contribution is 9.10. The number of benzene rings is 3. The molecule has 0 unspecified atom stereocenters. The Morgan fingerprint density at radius 2 is 1.94 bits per heavy atom. The minimum Gasteiger partial charge on any atom is -0.488 e. The summed E-state index contributed by atoms with van der Waals surface area (Å²) in [5.74, 6) is -0.382. The molecule has 3 rings (SSSR count). The number of aryl methyl sites for hydroxylation is 2. The lowest BCUT2D eigenvalue weighted by atomic mass is 10.1. The number of nitriles is 1. The summed E-state index contributed by atoms with van der Waals surface area (Å²) < 4.78 is 20.0. The highest BCUT2D eigenvalue weighted by Crippen LogP contribution is 2.27. The number of ether oxygens (including phenoxy) is 1. The van der Waals surface area contributed by atoms with Crippen LogP contribution in [0.4, 0.5) is 10.1 Å². The SMILES string of the molecule is Cc1ccc(NC(=O)/C(C#N)=C/c2cc(Br)ccc2OCc2cccc(F)c2)cc1C. The zero-order valence-electron chi connectivity index (χ0n) is 17.1. The molecule has 3 aromatic carbocycles. The van der Waals surface area contributed by atoms with Gasteiger partial charge in [-0.1, -0.05) is 34.1 Å². The summed E-state index contributed by atoms with van der Waals surface area (Å²) in [6, 6.07) is 18.9. The Bertz CT molecular complexity index is 1200. The highest BCUT2D eigenvalue weighted by atomic mass is 79.9. The van der Waals surface area contributed by atoms with E-state index >= 15 is 0 Å². The van der Waals surface area contributed by atoms with E-state index in [4.69, 9.17) is 4.74 Å². The van der Waals surface area contributed by atoms with Gasteiger partial charge in [-0.05, 0) is 79.1 Å². The highest BCUT2D eigenvalue weighted by Gasteiger charge is 2.12. The average molecular weight is 479 g/mol. The number of nitrogens with zero attached hydrogens (tertiary/aromatic N) is 1. The largest absolute Gasteiger partial charge is 0.488 e. The van der Waals surface area contributed by atoms with Crippen molar-refractivity contribution in [2.45, 2.75) is 20.5 Å². The Labute approximate surface area is 189 Å². The van der Waals surface area contributed by atoms with Crippen LogP contribution in [0.3, 0.4) is 0 Å². The van der Waals surface area contributed by atoms with Gasteiger partial charge in [-0.25, -0.2) is 4.39 Å². The number of amides is 1. The van der Waals surface area contributed by atoms with Gasteiger partial charge in [0.2, 0.25) is 0 Å². The van der Waals surface area contributed by atoms with E-state index in [2.05, 4.69) is 21.2 Å².